The van der Waals surface area contributed by atoms with Gasteiger partial charge in [0.15, 0.2) is 0 Å². The number of likely N-dealkylation sites (tertiary alicyclic amines) is 1. The molecule has 2 amide bonds. The van der Waals surface area contributed by atoms with Crippen molar-refractivity contribution in [2.75, 3.05) is 26.8 Å². The molecule has 1 N–H and O–H groups in total. The number of hydrogen-bond acceptors (Lipinski definition) is 5. The first kappa shape index (κ1) is 19.8. The van der Waals surface area contributed by atoms with Gasteiger partial charge in [-0.3, -0.25) is 14.6 Å². The van der Waals surface area contributed by atoms with Crippen LogP contribution in [0.1, 0.15) is 22.3 Å². The van der Waals surface area contributed by atoms with E-state index < -0.39 is 6.04 Å². The Kier molecular flexibility index (Phi) is 6.60. The van der Waals surface area contributed by atoms with Crippen LogP contribution in [0.2, 0.25) is 0 Å². The minimum Gasteiger partial charge on any atom is -0.488 e. The summed E-state index contributed by atoms with van der Waals surface area (Å²) in [5.74, 6) is 0.306. The number of hydrogen-bond donors (Lipinski definition) is 1. The highest BCUT2D eigenvalue weighted by atomic mass is 16.5. The lowest BCUT2D eigenvalue weighted by Crippen LogP contribution is -2.46. The monoisotopic (exact) mass is 383 g/mol. The van der Waals surface area contributed by atoms with Gasteiger partial charge >= 0.3 is 0 Å². The van der Waals surface area contributed by atoms with E-state index in [4.69, 9.17) is 9.47 Å². The quantitative estimate of drug-likeness (QED) is 0.738. The Morgan fingerprint density at radius 1 is 1.25 bits per heavy atom. The van der Waals surface area contributed by atoms with Crippen molar-refractivity contribution in [2.45, 2.75) is 25.5 Å². The molecule has 1 aliphatic rings. The fourth-order valence-electron chi connectivity index (χ4n) is 3.28. The van der Waals surface area contributed by atoms with Gasteiger partial charge in [-0.15, -0.1) is 0 Å². The molecule has 0 bridgehead atoms. The van der Waals surface area contributed by atoms with Gasteiger partial charge in [0.25, 0.3) is 5.91 Å². The number of carbonyl (C=O) groups is 2. The third-order valence-electron chi connectivity index (χ3n) is 4.75. The molecule has 1 aliphatic heterocycles. The van der Waals surface area contributed by atoms with Crippen LogP contribution in [0, 0.1) is 6.92 Å². The standard InChI is InChI=1S/C21H25N3O4/c1-15-8-9-22-13-18(15)21(26)24-14-17(28-16-6-4-3-5-7-16)12-19(24)20(25)23-10-11-27-2/h3-9,13,17,19H,10-12,14H2,1-2H3,(H,23,25)/t17-,19-/m0/s1. The number of amides is 2. The first-order chi connectivity index (χ1) is 13.6. The molecule has 2 atom stereocenters. The summed E-state index contributed by atoms with van der Waals surface area (Å²) in [4.78, 5) is 31.5. The maximum atomic E-state index is 13.1. The number of aryl methyl sites for hydroxylation is 1. The largest absolute Gasteiger partial charge is 0.488 e. The van der Waals surface area contributed by atoms with Crippen molar-refractivity contribution in [1.82, 2.24) is 15.2 Å². The van der Waals surface area contributed by atoms with Crippen molar-refractivity contribution < 1.29 is 19.1 Å². The minimum absolute atomic E-state index is 0.203. The molecule has 0 saturated carbocycles. The Labute approximate surface area is 164 Å². The van der Waals surface area contributed by atoms with Crippen molar-refractivity contribution >= 4 is 11.8 Å². The summed E-state index contributed by atoms with van der Waals surface area (Å²) in [5.41, 5.74) is 1.32. The Bertz CT molecular complexity index is 812. The predicted molar refractivity (Wildman–Crippen MR) is 104 cm³/mol. The number of rotatable bonds is 7. The van der Waals surface area contributed by atoms with Gasteiger partial charge in [-0.1, -0.05) is 18.2 Å². The highest BCUT2D eigenvalue weighted by Gasteiger charge is 2.41. The van der Waals surface area contributed by atoms with E-state index in [1.54, 1.807) is 30.5 Å². The van der Waals surface area contributed by atoms with E-state index in [1.165, 1.54) is 0 Å². The summed E-state index contributed by atoms with van der Waals surface area (Å²) in [7, 11) is 1.58. The van der Waals surface area contributed by atoms with Crippen LogP contribution in [0.25, 0.3) is 0 Å². The van der Waals surface area contributed by atoms with Crippen molar-refractivity contribution in [1.29, 1.82) is 0 Å². The van der Waals surface area contributed by atoms with Crippen LogP contribution < -0.4 is 10.1 Å². The van der Waals surface area contributed by atoms with Gasteiger partial charge in [0.05, 0.1) is 18.7 Å². The molecule has 1 aromatic carbocycles. The number of pyridine rings is 1. The Morgan fingerprint density at radius 2 is 2.04 bits per heavy atom. The molecule has 28 heavy (non-hydrogen) atoms. The normalized spacial score (nSPS) is 18.7. The summed E-state index contributed by atoms with van der Waals surface area (Å²) in [6.07, 6.45) is 3.36. The molecule has 7 heteroatoms. The number of carbonyl (C=O) groups excluding carboxylic acids is 2. The van der Waals surface area contributed by atoms with Crippen molar-refractivity contribution in [2.24, 2.45) is 0 Å². The average molecular weight is 383 g/mol. The van der Waals surface area contributed by atoms with Gasteiger partial charge in [-0.05, 0) is 30.7 Å². The summed E-state index contributed by atoms with van der Waals surface area (Å²) in [5, 5.41) is 2.83. The van der Waals surface area contributed by atoms with E-state index in [1.807, 2.05) is 37.3 Å². The van der Waals surface area contributed by atoms with Crippen LogP contribution in [0.5, 0.6) is 5.75 Å². The third-order valence-corrected chi connectivity index (χ3v) is 4.75. The number of nitrogens with one attached hydrogen (secondary N) is 1. The van der Waals surface area contributed by atoms with Gasteiger partial charge in [0.2, 0.25) is 5.91 Å². The first-order valence-electron chi connectivity index (χ1n) is 9.30. The fraction of sp³-hybridized carbons (Fsp3) is 0.381. The molecule has 1 aromatic heterocycles. The number of aromatic nitrogens is 1. The molecule has 0 radical (unpaired) electrons. The van der Waals surface area contributed by atoms with E-state index in [9.17, 15) is 9.59 Å². The molecule has 2 aromatic rings. The summed E-state index contributed by atoms with van der Waals surface area (Å²) in [6, 6.07) is 10.6. The van der Waals surface area contributed by atoms with E-state index in [0.717, 1.165) is 11.3 Å². The lowest BCUT2D eigenvalue weighted by atomic mass is 10.1. The molecule has 148 valence electrons. The van der Waals surface area contributed by atoms with Crippen molar-refractivity contribution in [3.05, 3.63) is 59.9 Å². The molecule has 7 nitrogen and oxygen atoms in total. The number of methoxy groups -OCH3 is 1. The van der Waals surface area contributed by atoms with Crippen molar-refractivity contribution in [3.8, 4) is 5.75 Å². The highest BCUT2D eigenvalue weighted by Crippen LogP contribution is 2.25. The number of ether oxygens (including phenoxy) is 2. The van der Waals surface area contributed by atoms with Crippen LogP contribution in [0.15, 0.2) is 48.8 Å². The van der Waals surface area contributed by atoms with Crippen LogP contribution in [0.4, 0.5) is 0 Å². The lowest BCUT2D eigenvalue weighted by molar-refractivity contribution is -0.125. The zero-order valence-electron chi connectivity index (χ0n) is 16.1. The number of para-hydroxylation sites is 1. The first-order valence-corrected chi connectivity index (χ1v) is 9.30. The Balaban J connectivity index is 1.78. The second-order valence-corrected chi connectivity index (χ2v) is 6.74. The zero-order valence-corrected chi connectivity index (χ0v) is 16.1. The Morgan fingerprint density at radius 3 is 2.75 bits per heavy atom. The summed E-state index contributed by atoms with van der Waals surface area (Å²) < 4.78 is 11.0. The predicted octanol–water partition coefficient (Wildman–Crippen LogP) is 1.81. The molecule has 0 spiro atoms. The van der Waals surface area contributed by atoms with E-state index in [0.29, 0.717) is 31.7 Å². The van der Waals surface area contributed by atoms with Crippen molar-refractivity contribution in [3.63, 3.8) is 0 Å². The average Bonchev–Trinajstić information content (AvgIpc) is 3.12. The van der Waals surface area contributed by atoms with Crippen LogP contribution in [-0.2, 0) is 9.53 Å². The van der Waals surface area contributed by atoms with Gasteiger partial charge < -0.3 is 19.7 Å². The summed E-state index contributed by atoms with van der Waals surface area (Å²) >= 11 is 0. The number of nitrogens with zero attached hydrogens (tertiary/aromatic N) is 2. The SMILES string of the molecule is COCCNC(=O)[C@@H]1C[C@H](Oc2ccccc2)CN1C(=O)c1cnccc1C. The molecular formula is C21H25N3O4. The molecular weight excluding hydrogens is 358 g/mol. The van der Waals surface area contributed by atoms with Crippen LogP contribution in [0.3, 0.4) is 0 Å². The van der Waals surface area contributed by atoms with Crippen LogP contribution in [-0.4, -0.2) is 60.7 Å². The van der Waals surface area contributed by atoms with E-state index in [-0.39, 0.29) is 17.9 Å². The molecule has 1 fully saturated rings. The zero-order chi connectivity index (χ0) is 19.9. The minimum atomic E-state index is -0.599. The maximum absolute atomic E-state index is 13.1. The molecule has 1 saturated heterocycles. The molecule has 2 heterocycles. The second kappa shape index (κ2) is 9.32. The third kappa shape index (κ3) is 4.67. The maximum Gasteiger partial charge on any atom is 0.256 e. The Hall–Kier alpha value is -2.93. The van der Waals surface area contributed by atoms with Gasteiger partial charge in [0.1, 0.15) is 17.9 Å². The fourth-order valence-corrected chi connectivity index (χ4v) is 3.28. The molecule has 0 unspecified atom stereocenters. The van der Waals surface area contributed by atoms with Gasteiger partial charge in [-0.25, -0.2) is 0 Å². The number of benzene rings is 1. The van der Waals surface area contributed by atoms with Gasteiger partial charge in [0, 0.05) is 32.5 Å². The molecule has 3 rings (SSSR count). The summed E-state index contributed by atoms with van der Waals surface area (Å²) in [6.45, 7) is 3.00. The lowest BCUT2D eigenvalue weighted by Gasteiger charge is -2.24. The smallest absolute Gasteiger partial charge is 0.256 e. The highest BCUT2D eigenvalue weighted by molar-refractivity contribution is 5.98. The molecule has 0 aliphatic carbocycles. The van der Waals surface area contributed by atoms with E-state index >= 15 is 0 Å². The van der Waals surface area contributed by atoms with Gasteiger partial charge in [-0.2, -0.15) is 0 Å². The van der Waals surface area contributed by atoms with Crippen LogP contribution >= 0.6 is 0 Å². The second-order valence-electron chi connectivity index (χ2n) is 6.74. The topological polar surface area (TPSA) is 80.8 Å². The van der Waals surface area contributed by atoms with E-state index in [2.05, 4.69) is 10.3 Å².